The second-order valence-electron chi connectivity index (χ2n) is 13.6. The normalized spacial score (nSPS) is 20.0. The monoisotopic (exact) mass is 789 g/mol. The van der Waals surface area contributed by atoms with Crippen LogP contribution in [0.25, 0.3) is 10.9 Å². The number of carbonyl (C=O) groups excluding carboxylic acids is 3. The van der Waals surface area contributed by atoms with E-state index in [1.807, 2.05) is 11.5 Å². The average Bonchev–Trinajstić information content (AvgIpc) is 3.70. The highest BCUT2D eigenvalue weighted by atomic mass is 35.5. The van der Waals surface area contributed by atoms with Crippen molar-refractivity contribution >= 4 is 80.2 Å². The predicted octanol–water partition coefficient (Wildman–Crippen LogP) is 0.923. The van der Waals surface area contributed by atoms with Crippen molar-refractivity contribution in [3.8, 4) is 11.5 Å². The first-order chi connectivity index (χ1) is 25.0. The summed E-state index contributed by atoms with van der Waals surface area (Å²) in [6.07, 6.45) is 3.39. The molecule has 2 amide bonds. The van der Waals surface area contributed by atoms with Crippen LogP contribution >= 0.6 is 34.7 Å². The third-order valence-electron chi connectivity index (χ3n) is 9.59. The molecule has 53 heavy (non-hydrogen) atoms. The highest BCUT2D eigenvalue weighted by Gasteiger charge is 2.54. The lowest BCUT2D eigenvalue weighted by atomic mass is 10.0. The largest absolute Gasteiger partial charge is 0.543 e. The molecule has 0 aliphatic carbocycles. The van der Waals surface area contributed by atoms with Gasteiger partial charge in [-0.25, -0.2) is 9.78 Å². The summed E-state index contributed by atoms with van der Waals surface area (Å²) in [7, 11) is 0. The van der Waals surface area contributed by atoms with Gasteiger partial charge in [0.05, 0.1) is 41.2 Å². The van der Waals surface area contributed by atoms with E-state index in [9.17, 15) is 44.4 Å². The van der Waals surface area contributed by atoms with Gasteiger partial charge in [-0.15, -0.1) is 11.8 Å². The molecule has 3 aliphatic heterocycles. The lowest BCUT2D eigenvalue weighted by Crippen LogP contribution is -2.72. The number of pyridine rings is 1. The molecule has 0 radical (unpaired) electrons. The number of aliphatic carboxylic acids is 2. The molecule has 1 aromatic carbocycles. The number of halogens is 1. The number of phenolic OH excluding ortho intramolecular Hbond substituents is 2. The maximum atomic E-state index is 13.7. The molecular weight excluding hydrogens is 754 g/mol. The summed E-state index contributed by atoms with van der Waals surface area (Å²) in [4.78, 5) is 75.4. The Labute approximate surface area is 314 Å². The minimum atomic E-state index is -1.85. The lowest BCUT2D eigenvalue weighted by Gasteiger charge is -2.51. The van der Waals surface area contributed by atoms with Crippen LogP contribution in [0, 0.1) is 0 Å². The van der Waals surface area contributed by atoms with Crippen LogP contribution in [-0.2, 0) is 37.1 Å². The Bertz CT molecular complexity index is 2180. The number of likely N-dealkylation sites (tertiary alicyclic amines) is 1. The number of thiazole rings is 1. The predicted molar refractivity (Wildman–Crippen MR) is 193 cm³/mol. The number of hydrogen-bond donors (Lipinski definition) is 5. The van der Waals surface area contributed by atoms with Crippen LogP contribution in [0.15, 0.2) is 39.5 Å². The lowest BCUT2D eigenvalue weighted by molar-refractivity contribution is -0.925. The molecule has 0 unspecified atom stereocenters. The van der Waals surface area contributed by atoms with Gasteiger partial charge < -0.3 is 50.2 Å². The minimum absolute atomic E-state index is 0.0114. The third kappa shape index (κ3) is 7.00. The van der Waals surface area contributed by atoms with Crippen molar-refractivity contribution in [2.75, 3.05) is 31.1 Å². The summed E-state index contributed by atoms with van der Waals surface area (Å²) in [6.45, 7) is 6.53. The maximum Gasteiger partial charge on any atom is 0.350 e. The summed E-state index contributed by atoms with van der Waals surface area (Å²) in [5, 5.41) is 48.0. The van der Waals surface area contributed by atoms with Crippen molar-refractivity contribution in [3.63, 3.8) is 0 Å². The Hall–Kier alpha value is -4.85. The van der Waals surface area contributed by atoms with Crippen molar-refractivity contribution in [2.45, 2.75) is 63.7 Å². The van der Waals surface area contributed by atoms with Gasteiger partial charge >= 0.3 is 5.97 Å². The number of hydrogen-bond acceptors (Lipinski definition) is 14. The molecule has 282 valence electrons. The van der Waals surface area contributed by atoms with Crippen molar-refractivity contribution in [1.29, 1.82) is 0 Å². The van der Waals surface area contributed by atoms with Gasteiger partial charge in [-0.2, -0.15) is 0 Å². The third-order valence-corrected chi connectivity index (χ3v) is 12.0. The molecule has 3 aromatic rings. The molecule has 2 atom stereocenters. The fourth-order valence-electron chi connectivity index (χ4n) is 6.85. The fourth-order valence-corrected chi connectivity index (χ4v) is 9.11. The number of benzene rings is 1. The van der Waals surface area contributed by atoms with Gasteiger partial charge in [-0.05, 0) is 26.8 Å². The zero-order chi connectivity index (χ0) is 38.6. The van der Waals surface area contributed by atoms with Gasteiger partial charge in [0.25, 0.3) is 11.8 Å². The summed E-state index contributed by atoms with van der Waals surface area (Å²) in [6, 6.07) is 1.39. The molecule has 20 heteroatoms. The molecule has 3 aliphatic rings. The smallest absolute Gasteiger partial charge is 0.350 e. The van der Waals surface area contributed by atoms with Crippen molar-refractivity contribution in [2.24, 2.45) is 5.16 Å². The van der Waals surface area contributed by atoms with Crippen LogP contribution in [0.4, 0.5) is 5.13 Å². The standard InChI is InChI=1S/C33H36ClN7O10S2/c1-4-39-11-15(25(44)17-9-19(42)20(43)10-18(17)39)12-41(7-5-6-8-41)13-16-14-52-29-23(28(46)40(29)24(16)30(47)48)36-27(45)22(21-26(34)53-32(35)37-21)38-51-33(2,3)31(49)50/h9-11,23,29H,4-8,12-14H2,1-3H3,(H6-,35,36,37,38,42,43,44,45,47,48,49,50)/t23-,29-/m1/s1. The number of anilines is 1. The number of nitrogens with zero attached hydrogens (tertiary/aromatic N) is 5. The maximum absolute atomic E-state index is 13.7. The van der Waals surface area contributed by atoms with Crippen molar-refractivity contribution in [3.05, 3.63) is 55.4 Å². The number of thioether (sulfide) groups is 1. The Morgan fingerprint density at radius 1 is 1.19 bits per heavy atom. The molecule has 0 bridgehead atoms. The number of carboxylic acid groups (broad SMARTS) is 2. The van der Waals surface area contributed by atoms with Crippen LogP contribution in [0.3, 0.4) is 0 Å². The molecule has 6 N–H and O–H groups in total. The van der Waals surface area contributed by atoms with Gasteiger partial charge in [-0.3, -0.25) is 19.3 Å². The summed E-state index contributed by atoms with van der Waals surface area (Å²) < 4.78 is 2.12. The van der Waals surface area contributed by atoms with E-state index in [0.29, 0.717) is 40.8 Å². The van der Waals surface area contributed by atoms with E-state index >= 15 is 0 Å². The number of phenols is 2. The number of oxime groups is 1. The molecular formula is C33H36ClN7O10S2. The van der Waals surface area contributed by atoms with E-state index in [1.165, 1.54) is 37.7 Å². The number of aromatic hydroxyl groups is 2. The number of nitrogens with two attached hydrogens (primary N) is 1. The number of fused-ring (bicyclic) bond motifs is 2. The molecule has 17 nitrogen and oxygen atoms in total. The molecule has 0 saturated carbocycles. The highest BCUT2D eigenvalue weighted by molar-refractivity contribution is 8.00. The van der Waals surface area contributed by atoms with Crippen LogP contribution < -0.4 is 21.6 Å². The van der Waals surface area contributed by atoms with E-state index in [2.05, 4.69) is 15.5 Å². The number of nitrogens with one attached hydrogen (secondary N) is 1. The topological polar surface area (TPSA) is 250 Å². The van der Waals surface area contributed by atoms with E-state index in [4.69, 9.17) is 22.2 Å². The SMILES string of the molecule is CCn1cc(C[N+]2(CC3=C(C(=O)[O-])N4C(=O)[C@@H](NC(=O)/C(=N\OC(C)(C)C(=O)O)c5nc(N)sc5Cl)[C@H]4SC3)CCCC2)c(=O)c2cc(O)c(O)cc21. The number of carbonyl (C=O) groups is 4. The molecule has 0 spiro atoms. The Morgan fingerprint density at radius 3 is 2.47 bits per heavy atom. The van der Waals surface area contributed by atoms with Crippen LogP contribution in [-0.4, -0.2) is 106 Å². The van der Waals surface area contributed by atoms with Gasteiger partial charge in [0.15, 0.2) is 27.8 Å². The minimum Gasteiger partial charge on any atom is -0.543 e. The number of rotatable bonds is 12. The zero-order valence-corrected chi connectivity index (χ0v) is 31.1. The number of nitrogen functional groups attached to an aromatic ring is 1. The Balaban J connectivity index is 1.27. The first kappa shape index (κ1) is 37.9. The van der Waals surface area contributed by atoms with E-state index in [0.717, 1.165) is 29.1 Å². The first-order valence-corrected chi connectivity index (χ1v) is 18.7. The molecule has 2 fully saturated rings. The van der Waals surface area contributed by atoms with Gasteiger partial charge in [0.2, 0.25) is 5.60 Å². The number of carboxylic acids is 2. The number of amides is 2. The highest BCUT2D eigenvalue weighted by Crippen LogP contribution is 2.42. The Morgan fingerprint density at radius 2 is 1.87 bits per heavy atom. The average molecular weight is 790 g/mol. The number of aromatic nitrogens is 2. The van der Waals surface area contributed by atoms with Crippen molar-refractivity contribution in [1.82, 2.24) is 19.8 Å². The first-order valence-electron chi connectivity index (χ1n) is 16.5. The second kappa shape index (κ2) is 14.2. The molecule has 2 aromatic heterocycles. The fraction of sp³-hybridized carbons (Fsp3) is 0.424. The summed E-state index contributed by atoms with van der Waals surface area (Å²) in [5.74, 6) is -5.23. The van der Waals surface area contributed by atoms with E-state index in [1.54, 1.807) is 6.20 Å². The number of quaternary nitrogens is 1. The van der Waals surface area contributed by atoms with Gasteiger partial charge in [0.1, 0.15) is 34.5 Å². The summed E-state index contributed by atoms with van der Waals surface area (Å²) in [5.41, 5.74) is 3.93. The molecule has 5 heterocycles. The quantitative estimate of drug-likeness (QED) is 0.0564. The van der Waals surface area contributed by atoms with E-state index < -0.39 is 52.2 Å². The van der Waals surface area contributed by atoms with Gasteiger partial charge in [-0.1, -0.05) is 28.1 Å². The van der Waals surface area contributed by atoms with Crippen molar-refractivity contribution < 1.29 is 48.9 Å². The summed E-state index contributed by atoms with van der Waals surface area (Å²) >= 11 is 8.31. The Kier molecular flexibility index (Phi) is 10.1. The van der Waals surface area contributed by atoms with Crippen LogP contribution in [0.5, 0.6) is 11.5 Å². The molecule has 6 rings (SSSR count). The van der Waals surface area contributed by atoms with Gasteiger partial charge in [0, 0.05) is 43.0 Å². The number of aryl methyl sites for hydroxylation is 1. The zero-order valence-electron chi connectivity index (χ0n) is 28.8. The van der Waals surface area contributed by atoms with E-state index in [-0.39, 0.29) is 56.3 Å². The molecule has 2 saturated heterocycles. The van der Waals surface area contributed by atoms with Crippen LogP contribution in [0.1, 0.15) is 44.9 Å². The second-order valence-corrected chi connectivity index (χ2v) is 16.3. The number of β-lactam (4-membered cyclic amide) rings is 1. The van der Waals surface area contributed by atoms with Crippen LogP contribution in [0.2, 0.25) is 4.34 Å².